The molecule has 3 rings (SSSR count). The molecule has 3 aromatic rings. The Morgan fingerprint density at radius 2 is 0.931 bits per heavy atom. The van der Waals surface area contributed by atoms with Crippen molar-refractivity contribution in [2.24, 2.45) is 0 Å². The van der Waals surface area contributed by atoms with Crippen LogP contribution in [0.1, 0.15) is 38.9 Å². The van der Waals surface area contributed by atoms with Gasteiger partial charge in [-0.05, 0) is 66.6 Å². The molecule has 0 spiro atoms. The van der Waals surface area contributed by atoms with Crippen molar-refractivity contribution in [3.63, 3.8) is 0 Å². The van der Waals surface area contributed by atoms with Gasteiger partial charge in [-0.2, -0.15) is 13.2 Å². The van der Waals surface area contributed by atoms with Gasteiger partial charge < -0.3 is 10.2 Å². The average Bonchev–Trinajstić information content (AvgIpc) is 2.64. The Morgan fingerprint density at radius 1 is 0.586 bits per heavy atom. The van der Waals surface area contributed by atoms with Gasteiger partial charge in [-0.1, -0.05) is 54.6 Å². The highest BCUT2D eigenvalue weighted by molar-refractivity contribution is 5.58. The first kappa shape index (κ1) is 20.8. The maximum absolute atomic E-state index is 15.0. The zero-order valence-electron chi connectivity index (χ0n) is 16.7. The fourth-order valence-electron chi connectivity index (χ4n) is 4.02. The molecule has 29 heavy (non-hydrogen) atoms. The van der Waals surface area contributed by atoms with Crippen LogP contribution in [0.15, 0.2) is 54.6 Å². The predicted octanol–water partition coefficient (Wildman–Crippen LogP) is 6.23. The zero-order valence-corrected chi connectivity index (χ0v) is 16.7. The van der Waals surface area contributed by atoms with Crippen LogP contribution >= 0.6 is 0 Å². The summed E-state index contributed by atoms with van der Waals surface area (Å²) >= 11 is 0. The summed E-state index contributed by atoms with van der Waals surface area (Å²) in [4.78, 5) is 0. The highest BCUT2D eigenvalue weighted by Gasteiger charge is 2.58. The Hall–Kier alpha value is -2.95. The highest BCUT2D eigenvalue weighted by atomic mass is 19.4. The van der Waals surface area contributed by atoms with E-state index in [-0.39, 0.29) is 28.2 Å². The van der Waals surface area contributed by atoms with E-state index >= 15 is 13.2 Å². The quantitative estimate of drug-likeness (QED) is 0.512. The molecule has 5 heteroatoms. The molecule has 152 valence electrons. The first-order chi connectivity index (χ1) is 13.5. The van der Waals surface area contributed by atoms with Crippen LogP contribution in [0.4, 0.5) is 13.2 Å². The van der Waals surface area contributed by atoms with Gasteiger partial charge in [0.2, 0.25) is 0 Å². The molecule has 0 saturated carbocycles. The number of phenols is 2. The van der Waals surface area contributed by atoms with Gasteiger partial charge in [-0.3, -0.25) is 0 Å². The van der Waals surface area contributed by atoms with Gasteiger partial charge in [-0.15, -0.1) is 0 Å². The van der Waals surface area contributed by atoms with Gasteiger partial charge in [0, 0.05) is 0 Å². The van der Waals surface area contributed by atoms with Crippen LogP contribution < -0.4 is 0 Å². The third kappa shape index (κ3) is 3.24. The van der Waals surface area contributed by atoms with Crippen molar-refractivity contribution in [3.8, 4) is 11.5 Å². The van der Waals surface area contributed by atoms with Crippen molar-refractivity contribution < 1.29 is 23.4 Å². The minimum absolute atomic E-state index is 0.0176. The Labute approximate surface area is 168 Å². The Bertz CT molecular complexity index is 950. The number of aryl methyl sites for hydroxylation is 4. The SMILES string of the molecule is Cc1cc(C(c2ccccc2)(c2cc(C)c(O)c(C)c2)C(F)(F)F)cc(C)c1O. The van der Waals surface area contributed by atoms with Crippen LogP contribution in [0.25, 0.3) is 0 Å². The molecule has 2 N–H and O–H groups in total. The van der Waals surface area contributed by atoms with E-state index in [1.54, 1.807) is 45.9 Å². The van der Waals surface area contributed by atoms with Crippen LogP contribution in [0.2, 0.25) is 0 Å². The minimum atomic E-state index is -4.68. The molecule has 0 bridgehead atoms. The summed E-state index contributed by atoms with van der Waals surface area (Å²) in [5, 5.41) is 20.3. The van der Waals surface area contributed by atoms with Gasteiger partial charge in [-0.25, -0.2) is 0 Å². The molecule has 0 aliphatic rings. The molecule has 0 unspecified atom stereocenters. The van der Waals surface area contributed by atoms with Gasteiger partial charge in [0.05, 0.1) is 0 Å². The summed E-state index contributed by atoms with van der Waals surface area (Å²) in [6, 6.07) is 13.3. The second kappa shape index (κ2) is 7.14. The number of aromatic hydroxyl groups is 2. The second-order valence-corrected chi connectivity index (χ2v) is 7.53. The van der Waals surface area contributed by atoms with E-state index in [4.69, 9.17) is 0 Å². The molecule has 0 heterocycles. The molecule has 0 fully saturated rings. The first-order valence-corrected chi connectivity index (χ1v) is 9.23. The number of alkyl halides is 3. The van der Waals surface area contributed by atoms with Gasteiger partial charge in [0.1, 0.15) is 16.9 Å². The van der Waals surface area contributed by atoms with Crippen molar-refractivity contribution in [3.05, 3.63) is 93.5 Å². The van der Waals surface area contributed by atoms with Gasteiger partial charge in [0.15, 0.2) is 0 Å². The van der Waals surface area contributed by atoms with E-state index in [9.17, 15) is 10.2 Å². The second-order valence-electron chi connectivity index (χ2n) is 7.53. The third-order valence-electron chi connectivity index (χ3n) is 5.48. The molecule has 0 amide bonds. The van der Waals surface area contributed by atoms with Crippen LogP contribution in [0.3, 0.4) is 0 Å². The van der Waals surface area contributed by atoms with Gasteiger partial charge in [0.25, 0.3) is 0 Å². The molecule has 2 nitrogen and oxygen atoms in total. The lowest BCUT2D eigenvalue weighted by Crippen LogP contribution is -2.44. The van der Waals surface area contributed by atoms with E-state index in [0.29, 0.717) is 22.3 Å². The smallest absolute Gasteiger partial charge is 0.406 e. The lowest BCUT2D eigenvalue weighted by Gasteiger charge is -2.38. The summed E-state index contributed by atoms with van der Waals surface area (Å²) in [5.41, 5.74) is -0.855. The fraction of sp³-hybridized carbons (Fsp3) is 0.250. The Kier molecular flexibility index (Phi) is 5.11. The molecule has 0 radical (unpaired) electrons. The van der Waals surface area contributed by atoms with E-state index < -0.39 is 11.6 Å². The van der Waals surface area contributed by atoms with Gasteiger partial charge >= 0.3 is 6.18 Å². The van der Waals surface area contributed by atoms with Crippen LogP contribution in [-0.2, 0) is 5.41 Å². The van der Waals surface area contributed by atoms with Crippen molar-refractivity contribution >= 4 is 0 Å². The zero-order chi connectivity index (χ0) is 21.6. The van der Waals surface area contributed by atoms with Crippen molar-refractivity contribution in [2.75, 3.05) is 0 Å². The van der Waals surface area contributed by atoms with Crippen LogP contribution in [0.5, 0.6) is 11.5 Å². The summed E-state index contributed by atoms with van der Waals surface area (Å²) in [6.07, 6.45) is -4.68. The molecule has 0 aliphatic heterocycles. The Balaban J connectivity index is 2.53. The largest absolute Gasteiger partial charge is 0.507 e. The number of hydrogen-bond donors (Lipinski definition) is 2. The molecule has 3 aromatic carbocycles. The lowest BCUT2D eigenvalue weighted by molar-refractivity contribution is -0.166. The maximum atomic E-state index is 15.0. The fourth-order valence-corrected chi connectivity index (χ4v) is 4.02. The average molecular weight is 400 g/mol. The first-order valence-electron chi connectivity index (χ1n) is 9.23. The van der Waals surface area contributed by atoms with E-state index in [1.165, 1.54) is 36.4 Å². The third-order valence-corrected chi connectivity index (χ3v) is 5.48. The summed E-state index contributed by atoms with van der Waals surface area (Å²) in [5.74, 6) is -0.0353. The monoisotopic (exact) mass is 400 g/mol. The van der Waals surface area contributed by atoms with Crippen molar-refractivity contribution in [2.45, 2.75) is 39.3 Å². The maximum Gasteiger partial charge on any atom is 0.406 e. The summed E-state index contributed by atoms with van der Waals surface area (Å²) in [7, 11) is 0. The molecule has 0 atom stereocenters. The highest BCUT2D eigenvalue weighted by Crippen LogP contribution is 2.52. The number of benzene rings is 3. The van der Waals surface area contributed by atoms with Crippen LogP contribution in [-0.4, -0.2) is 16.4 Å². The topological polar surface area (TPSA) is 40.5 Å². The number of halogens is 3. The number of hydrogen-bond acceptors (Lipinski definition) is 2. The van der Waals surface area contributed by atoms with Crippen LogP contribution in [0, 0.1) is 27.7 Å². The normalized spacial score (nSPS) is 12.2. The van der Waals surface area contributed by atoms with E-state index in [2.05, 4.69) is 0 Å². The molecule has 0 aromatic heterocycles. The summed E-state index contributed by atoms with van der Waals surface area (Å²) in [6.45, 7) is 6.35. The molecular weight excluding hydrogens is 377 g/mol. The van der Waals surface area contributed by atoms with Crippen molar-refractivity contribution in [1.29, 1.82) is 0 Å². The molecular formula is C24H23F3O2. The molecule has 0 aliphatic carbocycles. The number of phenolic OH excluding ortho intramolecular Hbond substituents is 2. The van der Waals surface area contributed by atoms with E-state index in [1.807, 2.05) is 0 Å². The minimum Gasteiger partial charge on any atom is -0.507 e. The molecule has 0 saturated heterocycles. The number of rotatable bonds is 3. The lowest BCUT2D eigenvalue weighted by atomic mass is 9.67. The van der Waals surface area contributed by atoms with E-state index in [0.717, 1.165) is 0 Å². The summed E-state index contributed by atoms with van der Waals surface area (Å²) < 4.78 is 45.1. The van der Waals surface area contributed by atoms with Crippen molar-refractivity contribution in [1.82, 2.24) is 0 Å². The Morgan fingerprint density at radius 3 is 1.24 bits per heavy atom. The predicted molar refractivity (Wildman–Crippen MR) is 108 cm³/mol. The standard InChI is InChI=1S/C24H23F3O2/c1-14-10-19(11-15(2)21(14)28)23(24(25,26)27,18-8-6-5-7-9-18)20-12-16(3)22(29)17(4)13-20/h5-13,28-29H,1-4H3.